The van der Waals surface area contributed by atoms with E-state index in [-0.39, 0.29) is 6.61 Å². The quantitative estimate of drug-likeness (QED) is 0.281. The van der Waals surface area contributed by atoms with Gasteiger partial charge in [-0.1, -0.05) is 22.7 Å². The Morgan fingerprint density at radius 3 is 3.07 bits per heavy atom. The van der Waals surface area contributed by atoms with E-state index in [2.05, 4.69) is 11.1 Å². The molecule has 0 radical (unpaired) electrons. The van der Waals surface area contributed by atoms with Gasteiger partial charge in [0.1, 0.15) is 0 Å². The summed E-state index contributed by atoms with van der Waals surface area (Å²) in [6.07, 6.45) is 5.02. The van der Waals surface area contributed by atoms with Crippen LogP contribution in [0.4, 0.5) is 5.69 Å². The van der Waals surface area contributed by atoms with E-state index in [0.717, 1.165) is 5.56 Å². The maximum absolute atomic E-state index is 5.84. The molecule has 3 nitrogen and oxygen atoms in total. The van der Waals surface area contributed by atoms with Gasteiger partial charge in [0.15, 0.2) is 6.61 Å². The molecule has 2 N–H and O–H groups in total. The van der Waals surface area contributed by atoms with Crippen LogP contribution in [-0.4, -0.2) is 12.3 Å². The van der Waals surface area contributed by atoms with Gasteiger partial charge in [-0.15, -0.1) is 6.42 Å². The fraction of sp³-hybridized carbons (Fsp3) is 0.182. The molecule has 1 aromatic rings. The van der Waals surface area contributed by atoms with Crippen LogP contribution < -0.4 is 5.73 Å². The third-order valence-corrected chi connectivity index (χ3v) is 1.99. The number of anilines is 1. The second-order valence-electron chi connectivity index (χ2n) is 2.89. The first-order valence-electron chi connectivity index (χ1n) is 4.30. The van der Waals surface area contributed by atoms with E-state index in [0.29, 0.717) is 16.4 Å². The Morgan fingerprint density at radius 2 is 2.40 bits per heavy atom. The molecule has 15 heavy (non-hydrogen) atoms. The molecule has 78 valence electrons. The second-order valence-corrected chi connectivity index (χ2v) is 3.32. The van der Waals surface area contributed by atoms with Gasteiger partial charge in [-0.2, -0.15) is 0 Å². The third-order valence-electron chi connectivity index (χ3n) is 1.75. The average Bonchev–Trinajstić information content (AvgIpc) is 2.22. The maximum atomic E-state index is 5.84. The van der Waals surface area contributed by atoms with Gasteiger partial charge in [0, 0.05) is 16.3 Å². The molecule has 0 aliphatic rings. The minimum atomic E-state index is 0.137. The number of terminal acetylenes is 1. The Balaban J connectivity index is 2.90. The van der Waals surface area contributed by atoms with Crippen molar-refractivity contribution in [3.05, 3.63) is 28.8 Å². The number of halogens is 1. The van der Waals surface area contributed by atoms with Gasteiger partial charge in [-0.3, -0.25) is 0 Å². The molecule has 0 saturated heterocycles. The SMILES string of the molecule is C#CCO/N=C(\C)c1cc(Cl)ccc1N. The van der Waals surface area contributed by atoms with Crippen molar-refractivity contribution in [2.75, 3.05) is 12.3 Å². The van der Waals surface area contributed by atoms with E-state index in [4.69, 9.17) is 28.6 Å². The fourth-order valence-corrected chi connectivity index (χ4v) is 1.23. The molecule has 0 heterocycles. The number of benzene rings is 1. The Hall–Kier alpha value is -1.66. The zero-order chi connectivity index (χ0) is 11.3. The number of nitrogen functional groups attached to an aromatic ring is 1. The monoisotopic (exact) mass is 222 g/mol. The molecule has 0 saturated carbocycles. The summed E-state index contributed by atoms with van der Waals surface area (Å²) in [5.41, 5.74) is 7.75. The number of hydrogen-bond acceptors (Lipinski definition) is 3. The zero-order valence-electron chi connectivity index (χ0n) is 8.33. The van der Waals surface area contributed by atoms with Crippen LogP contribution in [-0.2, 0) is 4.84 Å². The average molecular weight is 223 g/mol. The highest BCUT2D eigenvalue weighted by Crippen LogP contribution is 2.18. The Morgan fingerprint density at radius 1 is 1.67 bits per heavy atom. The molecule has 0 aliphatic carbocycles. The van der Waals surface area contributed by atoms with E-state index in [1.807, 2.05) is 0 Å². The lowest BCUT2D eigenvalue weighted by molar-refractivity contribution is 0.180. The molecule has 0 unspecified atom stereocenters. The predicted molar refractivity (Wildman–Crippen MR) is 62.9 cm³/mol. The van der Waals surface area contributed by atoms with E-state index in [9.17, 15) is 0 Å². The zero-order valence-corrected chi connectivity index (χ0v) is 9.08. The summed E-state index contributed by atoms with van der Waals surface area (Å²) in [4.78, 5) is 4.85. The molecule has 0 atom stereocenters. The van der Waals surface area contributed by atoms with Crippen molar-refractivity contribution in [1.82, 2.24) is 0 Å². The fourth-order valence-electron chi connectivity index (χ4n) is 1.06. The van der Waals surface area contributed by atoms with Crippen LogP contribution in [0.15, 0.2) is 23.4 Å². The van der Waals surface area contributed by atoms with Crippen molar-refractivity contribution in [1.29, 1.82) is 0 Å². The van der Waals surface area contributed by atoms with E-state index in [1.165, 1.54) is 0 Å². The van der Waals surface area contributed by atoms with Crippen molar-refractivity contribution in [3.63, 3.8) is 0 Å². The number of hydrogen-bond donors (Lipinski definition) is 1. The first-order valence-corrected chi connectivity index (χ1v) is 4.68. The normalized spacial score (nSPS) is 10.9. The summed E-state index contributed by atoms with van der Waals surface area (Å²) < 4.78 is 0. The van der Waals surface area contributed by atoms with Crippen LogP contribution in [0, 0.1) is 12.3 Å². The number of nitrogens with two attached hydrogens (primary N) is 1. The third kappa shape index (κ3) is 3.19. The molecule has 0 amide bonds. The summed E-state index contributed by atoms with van der Waals surface area (Å²) in [5, 5.41) is 4.42. The van der Waals surface area contributed by atoms with Gasteiger partial charge in [0.05, 0.1) is 5.71 Å². The molecular formula is C11H11ClN2O. The minimum absolute atomic E-state index is 0.137. The first-order chi connectivity index (χ1) is 7.15. The lowest BCUT2D eigenvalue weighted by Crippen LogP contribution is -2.01. The van der Waals surface area contributed by atoms with Crippen molar-refractivity contribution in [2.24, 2.45) is 5.16 Å². The van der Waals surface area contributed by atoms with Gasteiger partial charge in [0.25, 0.3) is 0 Å². The lowest BCUT2D eigenvalue weighted by atomic mass is 10.1. The summed E-state index contributed by atoms with van der Waals surface area (Å²) in [5.74, 6) is 2.31. The second kappa shape index (κ2) is 5.28. The number of nitrogens with zero attached hydrogens (tertiary/aromatic N) is 1. The van der Waals surface area contributed by atoms with Gasteiger partial charge < -0.3 is 10.6 Å². The summed E-state index contributed by atoms with van der Waals surface area (Å²) in [6.45, 7) is 1.91. The molecule has 0 fully saturated rings. The standard InChI is InChI=1S/C11H11ClN2O/c1-3-6-15-14-8(2)10-7-9(12)4-5-11(10)13/h1,4-5,7H,6,13H2,2H3/b14-8+. The van der Waals surface area contributed by atoms with Crippen molar-refractivity contribution in [3.8, 4) is 12.3 Å². The molecular weight excluding hydrogens is 212 g/mol. The van der Waals surface area contributed by atoms with E-state index < -0.39 is 0 Å². The number of oxime groups is 1. The summed E-state index contributed by atoms with van der Waals surface area (Å²) in [7, 11) is 0. The van der Waals surface area contributed by atoms with Crippen LogP contribution in [0.2, 0.25) is 5.02 Å². The van der Waals surface area contributed by atoms with E-state index >= 15 is 0 Å². The highest BCUT2D eigenvalue weighted by molar-refractivity contribution is 6.31. The molecule has 0 aromatic heterocycles. The van der Waals surface area contributed by atoms with Crippen LogP contribution >= 0.6 is 11.6 Å². The van der Waals surface area contributed by atoms with Crippen molar-refractivity contribution in [2.45, 2.75) is 6.92 Å². The Kier molecular flexibility index (Phi) is 4.02. The summed E-state index contributed by atoms with van der Waals surface area (Å²) >= 11 is 5.84. The highest BCUT2D eigenvalue weighted by atomic mass is 35.5. The van der Waals surface area contributed by atoms with Crippen LogP contribution in [0.1, 0.15) is 12.5 Å². The van der Waals surface area contributed by atoms with Crippen LogP contribution in [0.3, 0.4) is 0 Å². The molecule has 0 spiro atoms. The van der Waals surface area contributed by atoms with Crippen molar-refractivity contribution < 1.29 is 4.84 Å². The van der Waals surface area contributed by atoms with Gasteiger partial charge >= 0.3 is 0 Å². The topological polar surface area (TPSA) is 47.6 Å². The minimum Gasteiger partial charge on any atom is -0.398 e. The summed E-state index contributed by atoms with van der Waals surface area (Å²) in [6, 6.07) is 5.17. The first kappa shape index (κ1) is 11.4. The molecule has 0 aliphatic heterocycles. The smallest absolute Gasteiger partial charge is 0.177 e. The maximum Gasteiger partial charge on any atom is 0.177 e. The van der Waals surface area contributed by atoms with Crippen LogP contribution in [0.5, 0.6) is 0 Å². The molecule has 0 bridgehead atoms. The Bertz CT molecular complexity index is 421. The largest absolute Gasteiger partial charge is 0.398 e. The van der Waals surface area contributed by atoms with Gasteiger partial charge in [0.2, 0.25) is 0 Å². The van der Waals surface area contributed by atoms with Crippen molar-refractivity contribution >= 4 is 23.0 Å². The molecule has 4 heteroatoms. The number of rotatable bonds is 3. The lowest BCUT2D eigenvalue weighted by Gasteiger charge is -2.04. The predicted octanol–water partition coefficient (Wildman–Crippen LogP) is 2.30. The Labute approximate surface area is 93.9 Å². The van der Waals surface area contributed by atoms with Gasteiger partial charge in [-0.25, -0.2) is 0 Å². The van der Waals surface area contributed by atoms with E-state index in [1.54, 1.807) is 25.1 Å². The van der Waals surface area contributed by atoms with Crippen LogP contribution in [0.25, 0.3) is 0 Å². The molecule has 1 aromatic carbocycles. The molecule has 1 rings (SSSR count). The highest BCUT2D eigenvalue weighted by Gasteiger charge is 2.04. The van der Waals surface area contributed by atoms with Gasteiger partial charge in [-0.05, 0) is 25.1 Å².